The number of aromatic hydroxyl groups is 2. The zero-order chi connectivity index (χ0) is 25.7. The molecule has 3 aromatic rings. The Morgan fingerprint density at radius 1 is 1.09 bits per heavy atom. The van der Waals surface area contributed by atoms with Crippen LogP contribution in [0.4, 0.5) is 5.69 Å². The third kappa shape index (κ3) is 6.15. The third-order valence-electron chi connectivity index (χ3n) is 5.24. The number of aliphatic hydroxyl groups is 1. The first kappa shape index (κ1) is 25.7. The summed E-state index contributed by atoms with van der Waals surface area (Å²) in [5.74, 6) is -2.08. The maximum atomic E-state index is 12.1. The normalized spacial score (nSPS) is 15.8. The highest BCUT2D eigenvalue weighted by Gasteiger charge is 2.28. The van der Waals surface area contributed by atoms with Crippen molar-refractivity contribution in [1.82, 2.24) is 0 Å². The summed E-state index contributed by atoms with van der Waals surface area (Å²) in [6.45, 7) is 0. The third-order valence-corrected chi connectivity index (χ3v) is 5.47. The summed E-state index contributed by atoms with van der Waals surface area (Å²) in [6.07, 6.45) is -1.31. The lowest BCUT2D eigenvalue weighted by Gasteiger charge is -2.18. The van der Waals surface area contributed by atoms with Gasteiger partial charge in [0.1, 0.15) is 6.04 Å². The van der Waals surface area contributed by atoms with Crippen molar-refractivity contribution < 1.29 is 30.0 Å². The minimum atomic E-state index is -1.42. The zero-order valence-electron chi connectivity index (χ0n) is 18.7. The molecule has 6 N–H and O–H groups in total. The van der Waals surface area contributed by atoms with E-state index in [1.807, 2.05) is 30.3 Å². The second-order valence-electron chi connectivity index (χ2n) is 7.75. The van der Waals surface area contributed by atoms with E-state index in [2.05, 4.69) is 4.99 Å². The summed E-state index contributed by atoms with van der Waals surface area (Å²) in [7, 11) is 1.61. The fourth-order valence-electron chi connectivity index (χ4n) is 3.39. The average Bonchev–Trinajstić information content (AvgIpc) is 2.92. The molecule has 1 aliphatic rings. The van der Waals surface area contributed by atoms with Crippen LogP contribution in [0.3, 0.4) is 0 Å². The number of likely N-dealkylation sites (N-methyl/N-ethyl adjacent to an activating group) is 1. The maximum absolute atomic E-state index is 12.1. The van der Waals surface area contributed by atoms with Gasteiger partial charge in [0, 0.05) is 23.2 Å². The molecular weight excluding hydrogens is 474 g/mol. The molecule has 1 aliphatic heterocycles. The van der Waals surface area contributed by atoms with Gasteiger partial charge in [-0.3, -0.25) is 9.59 Å². The Hall–Kier alpha value is -3.92. The number of hydrogen-bond donors (Lipinski definition) is 5. The molecule has 4 rings (SSSR count). The molecule has 0 saturated carbocycles. The van der Waals surface area contributed by atoms with Gasteiger partial charge in [0.2, 0.25) is 6.23 Å². The van der Waals surface area contributed by atoms with Gasteiger partial charge in [-0.1, -0.05) is 48.0 Å². The van der Waals surface area contributed by atoms with Crippen molar-refractivity contribution in [2.45, 2.75) is 18.7 Å². The second kappa shape index (κ2) is 11.0. The highest BCUT2D eigenvalue weighted by Crippen LogP contribution is 2.29. The number of rotatable bonds is 4. The number of aliphatic carboxylic acids is 1. The smallest absolute Gasteiger partial charge is 0.320 e. The number of aliphatic hydroxyl groups excluding tert-OH is 1. The Bertz CT molecular complexity index is 1270. The Labute approximate surface area is 206 Å². The van der Waals surface area contributed by atoms with Crippen LogP contribution in [0.1, 0.15) is 16.7 Å². The molecule has 0 aliphatic carbocycles. The van der Waals surface area contributed by atoms with Gasteiger partial charge in [-0.05, 0) is 42.3 Å². The number of halogens is 1. The molecule has 1 amide bonds. The number of fused-ring (bicyclic) bond motifs is 1. The summed E-state index contributed by atoms with van der Waals surface area (Å²) in [5.41, 5.74) is 8.63. The van der Waals surface area contributed by atoms with Crippen LogP contribution in [0.2, 0.25) is 5.02 Å². The minimum absolute atomic E-state index is 0.114. The van der Waals surface area contributed by atoms with E-state index in [1.54, 1.807) is 25.2 Å². The molecule has 2 atom stereocenters. The molecule has 182 valence electrons. The minimum Gasteiger partial charge on any atom is -0.504 e. The summed E-state index contributed by atoms with van der Waals surface area (Å²) in [5, 5.41) is 37.2. The van der Waals surface area contributed by atoms with Crippen molar-refractivity contribution >= 4 is 34.9 Å². The number of benzodiazepines with no additional fused rings is 1. The first-order valence-electron chi connectivity index (χ1n) is 10.5. The number of phenolic OH excluding ortho intramolecular Hbond substituents is 2. The summed E-state index contributed by atoms with van der Waals surface area (Å²) < 4.78 is 0. The average molecular weight is 498 g/mol. The van der Waals surface area contributed by atoms with Crippen molar-refractivity contribution in [3.8, 4) is 11.5 Å². The fourth-order valence-corrected chi connectivity index (χ4v) is 3.56. The molecule has 0 fully saturated rings. The fraction of sp³-hybridized carbons (Fsp3) is 0.160. The van der Waals surface area contributed by atoms with E-state index in [9.17, 15) is 14.7 Å². The molecule has 3 aromatic carbocycles. The van der Waals surface area contributed by atoms with Crippen LogP contribution in [0.5, 0.6) is 11.5 Å². The zero-order valence-corrected chi connectivity index (χ0v) is 19.4. The highest BCUT2D eigenvalue weighted by atomic mass is 35.5. The number of carboxylic acids is 1. The number of carbonyl (C=O) groups excluding carboxylic acids is 1. The Kier molecular flexibility index (Phi) is 8.08. The molecule has 0 radical (unpaired) electrons. The van der Waals surface area contributed by atoms with E-state index in [0.717, 1.165) is 11.1 Å². The summed E-state index contributed by atoms with van der Waals surface area (Å²) >= 11 is 6.08. The van der Waals surface area contributed by atoms with Gasteiger partial charge in [0.25, 0.3) is 5.91 Å². The van der Waals surface area contributed by atoms with Gasteiger partial charge in [-0.15, -0.1) is 0 Å². The van der Waals surface area contributed by atoms with Gasteiger partial charge >= 0.3 is 5.97 Å². The van der Waals surface area contributed by atoms with Crippen LogP contribution >= 0.6 is 11.6 Å². The molecule has 0 spiro atoms. The molecule has 10 heteroatoms. The number of carboxylic acid groups (broad SMARTS) is 1. The highest BCUT2D eigenvalue weighted by molar-refractivity contribution is 6.32. The van der Waals surface area contributed by atoms with Crippen LogP contribution < -0.4 is 10.6 Å². The number of benzene rings is 3. The Balaban J connectivity index is 0.000000214. The van der Waals surface area contributed by atoms with Crippen LogP contribution in [-0.4, -0.2) is 57.3 Å². The van der Waals surface area contributed by atoms with Gasteiger partial charge in [-0.2, -0.15) is 0 Å². The molecule has 0 saturated heterocycles. The monoisotopic (exact) mass is 497 g/mol. The van der Waals surface area contributed by atoms with E-state index >= 15 is 0 Å². The van der Waals surface area contributed by atoms with Gasteiger partial charge in [-0.25, -0.2) is 4.99 Å². The van der Waals surface area contributed by atoms with Crippen LogP contribution in [0.15, 0.2) is 71.7 Å². The Morgan fingerprint density at radius 2 is 1.77 bits per heavy atom. The first-order valence-corrected chi connectivity index (χ1v) is 10.8. The lowest BCUT2D eigenvalue weighted by molar-refractivity contribution is -0.138. The molecule has 0 bridgehead atoms. The standard InChI is InChI=1S/C16H13ClN2O2.C9H11NO4/c1-19-13-8-7-11(17)9-12(13)14(18-15(20)16(19)21)10-5-3-2-4-6-10;10-6(9(13)14)3-5-1-2-7(11)8(12)4-5/h2-9,15,20H,1H3;1-2,4,6,11-12H,3,10H2,(H,13,14)/t;6-/m.0/s1. The number of nitrogens with zero attached hydrogens (tertiary/aromatic N) is 2. The molecule has 1 unspecified atom stereocenters. The van der Waals surface area contributed by atoms with Crippen molar-refractivity contribution in [2.24, 2.45) is 10.7 Å². The van der Waals surface area contributed by atoms with Gasteiger partial charge in [0.15, 0.2) is 11.5 Å². The first-order chi connectivity index (χ1) is 16.6. The summed E-state index contributed by atoms with van der Waals surface area (Å²) in [6, 6.07) is 17.7. The van der Waals surface area contributed by atoms with E-state index < -0.39 is 24.1 Å². The lowest BCUT2D eigenvalue weighted by Crippen LogP contribution is -2.34. The quantitative estimate of drug-likeness (QED) is 0.346. The molecule has 35 heavy (non-hydrogen) atoms. The molecule has 1 heterocycles. The SMILES string of the molecule is CN1C(=O)C(O)N=C(c2ccccc2)c2cc(Cl)ccc21.N[C@@H](Cc1ccc(O)c(O)c1)C(=O)O. The van der Waals surface area contributed by atoms with Gasteiger partial charge < -0.3 is 31.1 Å². The van der Waals surface area contributed by atoms with Gasteiger partial charge in [0.05, 0.1) is 11.4 Å². The number of hydrogen-bond acceptors (Lipinski definition) is 7. The predicted octanol–water partition coefficient (Wildman–Crippen LogP) is 2.52. The van der Waals surface area contributed by atoms with E-state index in [-0.39, 0.29) is 17.9 Å². The van der Waals surface area contributed by atoms with Crippen molar-refractivity contribution in [3.05, 3.63) is 88.4 Å². The number of amides is 1. The molecule has 9 nitrogen and oxygen atoms in total. The largest absolute Gasteiger partial charge is 0.504 e. The lowest BCUT2D eigenvalue weighted by atomic mass is 10.0. The maximum Gasteiger partial charge on any atom is 0.320 e. The van der Waals surface area contributed by atoms with E-state index in [1.165, 1.54) is 23.1 Å². The Morgan fingerprint density at radius 3 is 2.40 bits per heavy atom. The van der Waals surface area contributed by atoms with E-state index in [4.69, 9.17) is 32.7 Å². The predicted molar refractivity (Wildman–Crippen MR) is 132 cm³/mol. The van der Waals surface area contributed by atoms with Crippen molar-refractivity contribution in [2.75, 3.05) is 11.9 Å². The molecule has 0 aromatic heterocycles. The molecular formula is C25H24ClN3O6. The van der Waals surface area contributed by atoms with Crippen LogP contribution in [-0.2, 0) is 16.0 Å². The van der Waals surface area contributed by atoms with Crippen LogP contribution in [0.25, 0.3) is 0 Å². The topological polar surface area (TPSA) is 157 Å². The summed E-state index contributed by atoms with van der Waals surface area (Å²) in [4.78, 5) is 28.1. The van der Waals surface area contributed by atoms with Crippen LogP contribution in [0, 0.1) is 0 Å². The van der Waals surface area contributed by atoms with Crippen molar-refractivity contribution in [3.63, 3.8) is 0 Å². The second-order valence-corrected chi connectivity index (χ2v) is 8.18. The number of phenols is 2. The number of nitrogens with two attached hydrogens (primary N) is 1. The number of carbonyl (C=O) groups is 2. The number of aliphatic imine (C=N–C) groups is 1. The van der Waals surface area contributed by atoms with Crippen molar-refractivity contribution in [1.29, 1.82) is 0 Å². The van der Waals surface area contributed by atoms with E-state index in [0.29, 0.717) is 22.0 Å². The number of anilines is 1.